The van der Waals surface area contributed by atoms with E-state index in [1.165, 1.54) is 91.3 Å². The molecule has 0 amide bonds. The van der Waals surface area contributed by atoms with Gasteiger partial charge >= 0.3 is 8.16 Å². The maximum atomic E-state index is 7.08. The van der Waals surface area contributed by atoms with Crippen LogP contribution in [0.15, 0.2) is 105 Å². The van der Waals surface area contributed by atoms with Crippen molar-refractivity contribution in [3.05, 3.63) is 136 Å². The molecule has 238 valence electrons. The second-order valence-electron chi connectivity index (χ2n) is 13.3. The SMILES string of the molecule is Cc1cc2c(c3c1op(N[C@H](C)c1ccccc1P(c1ccccc1)c1ccccc1)oc1c(C)cc4c(c13)CCCC4)CCCC2. The van der Waals surface area contributed by atoms with E-state index in [1.54, 1.807) is 0 Å². The second kappa shape index (κ2) is 13.1. The summed E-state index contributed by atoms with van der Waals surface area (Å²) in [5.41, 5.74) is 11.8. The molecule has 1 N–H and O–H groups in total. The lowest BCUT2D eigenvalue weighted by atomic mass is 9.82. The van der Waals surface area contributed by atoms with Gasteiger partial charge in [-0.25, -0.2) is 5.09 Å². The number of aryl methyl sites for hydroxylation is 6. The fourth-order valence-electron chi connectivity index (χ4n) is 7.94. The number of nitrogens with one attached hydrogen (secondary N) is 1. The quantitative estimate of drug-likeness (QED) is 0.182. The van der Waals surface area contributed by atoms with Gasteiger partial charge in [-0.2, -0.15) is 0 Å². The highest BCUT2D eigenvalue weighted by molar-refractivity contribution is 7.79. The van der Waals surface area contributed by atoms with Crippen molar-refractivity contribution in [3.8, 4) is 0 Å². The Morgan fingerprint density at radius 1 is 0.617 bits per heavy atom. The summed E-state index contributed by atoms with van der Waals surface area (Å²) >= 11 is 0. The van der Waals surface area contributed by atoms with Gasteiger partial charge in [0.15, 0.2) is 0 Å². The lowest BCUT2D eigenvalue weighted by Crippen LogP contribution is -2.25. The molecule has 1 heterocycles. The van der Waals surface area contributed by atoms with Gasteiger partial charge in [-0.05, 0) is 135 Å². The van der Waals surface area contributed by atoms with E-state index in [0.717, 1.165) is 36.8 Å². The molecule has 6 aromatic rings. The summed E-state index contributed by atoms with van der Waals surface area (Å²) < 4.78 is 14.2. The zero-order valence-electron chi connectivity index (χ0n) is 27.7. The van der Waals surface area contributed by atoms with E-state index in [2.05, 4.69) is 123 Å². The molecule has 47 heavy (non-hydrogen) atoms. The normalized spacial score (nSPS) is 15.1. The van der Waals surface area contributed by atoms with E-state index in [0.29, 0.717) is 0 Å². The van der Waals surface area contributed by atoms with Crippen LogP contribution in [0, 0.1) is 13.8 Å². The van der Waals surface area contributed by atoms with Crippen LogP contribution in [0.3, 0.4) is 0 Å². The van der Waals surface area contributed by atoms with Crippen molar-refractivity contribution in [2.45, 2.75) is 78.2 Å². The van der Waals surface area contributed by atoms with Crippen LogP contribution < -0.4 is 21.0 Å². The van der Waals surface area contributed by atoms with Crippen molar-refractivity contribution in [1.82, 2.24) is 0 Å². The van der Waals surface area contributed by atoms with E-state index in [-0.39, 0.29) is 6.04 Å². The monoisotopic (exact) mass is 655 g/mol. The smallest absolute Gasteiger partial charge is 0.307 e. The summed E-state index contributed by atoms with van der Waals surface area (Å²) in [6.07, 6.45) is 9.53. The molecule has 0 saturated carbocycles. The van der Waals surface area contributed by atoms with Crippen molar-refractivity contribution in [1.29, 1.82) is 0 Å². The molecule has 0 saturated heterocycles. The molecule has 0 unspecified atom stereocenters. The predicted octanol–water partition coefficient (Wildman–Crippen LogP) is 10.7. The third-order valence-corrected chi connectivity index (χ3v) is 14.0. The molecule has 2 aliphatic rings. The Balaban J connectivity index is 1.31. The van der Waals surface area contributed by atoms with Crippen molar-refractivity contribution >= 4 is 53.9 Å². The van der Waals surface area contributed by atoms with E-state index in [4.69, 9.17) is 8.39 Å². The molecule has 1 aromatic heterocycles. The first-order valence-electron chi connectivity index (χ1n) is 17.3. The van der Waals surface area contributed by atoms with Crippen LogP contribution >= 0.6 is 16.1 Å². The van der Waals surface area contributed by atoms with Crippen LogP contribution in [0.4, 0.5) is 0 Å². The third-order valence-electron chi connectivity index (χ3n) is 10.1. The maximum absolute atomic E-state index is 7.08. The number of rotatable bonds is 6. The Labute approximate surface area is 280 Å². The molecule has 0 radical (unpaired) electrons. The molecule has 5 heteroatoms. The molecule has 3 nitrogen and oxygen atoms in total. The molecule has 0 fully saturated rings. The highest BCUT2D eigenvalue weighted by Gasteiger charge is 2.26. The van der Waals surface area contributed by atoms with Crippen LogP contribution in [0.1, 0.15) is 77.6 Å². The third kappa shape index (κ3) is 5.78. The minimum absolute atomic E-state index is 0.00982. The standard InChI is InChI=1S/C42H43NO2P2/c1-28-26-31-16-10-12-23-36(31)39-40-37-24-13-11-17-32(37)27-29(2)42(40)45-47(44-41(28)39)43-30(3)35-22-14-15-25-38(35)46(33-18-6-4-7-19-33)34-20-8-5-9-21-34/h4-9,14-15,18-22,25-27,30,43H,10-13,16-17,23-24H2,1-3H3/t30-/m1/s1. The zero-order chi connectivity index (χ0) is 31.9. The molecule has 5 aromatic carbocycles. The maximum Gasteiger partial charge on any atom is 0.307 e. The van der Waals surface area contributed by atoms with Gasteiger partial charge in [-0.3, -0.25) is 0 Å². The van der Waals surface area contributed by atoms with Gasteiger partial charge in [0.25, 0.3) is 0 Å². The Bertz CT molecular complexity index is 2000. The summed E-state index contributed by atoms with van der Waals surface area (Å²) in [4.78, 5) is 0. The van der Waals surface area contributed by atoms with Gasteiger partial charge in [0.05, 0.1) is 0 Å². The van der Waals surface area contributed by atoms with E-state index in [9.17, 15) is 0 Å². The largest absolute Gasteiger partial charge is 0.408 e. The zero-order valence-corrected chi connectivity index (χ0v) is 29.5. The van der Waals surface area contributed by atoms with Crippen molar-refractivity contribution < 1.29 is 8.39 Å². The molecular formula is C42H43NO2P2. The lowest BCUT2D eigenvalue weighted by Gasteiger charge is -2.24. The number of hydrogen-bond acceptors (Lipinski definition) is 3. The summed E-state index contributed by atoms with van der Waals surface area (Å²) in [6.45, 7) is 6.74. The van der Waals surface area contributed by atoms with Crippen molar-refractivity contribution in [3.63, 3.8) is 0 Å². The van der Waals surface area contributed by atoms with Crippen LogP contribution in [0.5, 0.6) is 0 Å². The molecule has 0 bridgehead atoms. The fraction of sp³-hybridized carbons (Fsp3) is 0.286. The van der Waals surface area contributed by atoms with Gasteiger partial charge in [-0.1, -0.05) is 97.1 Å². The average molecular weight is 656 g/mol. The Hall–Kier alpha value is -3.61. The number of benzene rings is 5. The first-order chi connectivity index (χ1) is 23.1. The first-order valence-corrected chi connectivity index (χ1v) is 19.8. The van der Waals surface area contributed by atoms with E-state index >= 15 is 0 Å². The topological polar surface area (TPSA) is 38.3 Å². The van der Waals surface area contributed by atoms with Gasteiger partial charge in [0.1, 0.15) is 11.2 Å². The molecule has 2 aliphatic carbocycles. The molecule has 0 aliphatic heterocycles. The minimum atomic E-state index is -1.48. The number of hydrogen-bond donors (Lipinski definition) is 1. The molecule has 1 atom stereocenters. The van der Waals surface area contributed by atoms with Gasteiger partial charge < -0.3 is 8.39 Å². The summed E-state index contributed by atoms with van der Waals surface area (Å²) in [7, 11) is -2.23. The Morgan fingerprint density at radius 3 is 1.62 bits per heavy atom. The van der Waals surface area contributed by atoms with Gasteiger partial charge in [-0.15, -0.1) is 0 Å². The second-order valence-corrected chi connectivity index (χ2v) is 16.7. The summed E-state index contributed by atoms with van der Waals surface area (Å²) in [6, 6.07) is 35.7. The average Bonchev–Trinajstić information content (AvgIpc) is 3.28. The minimum Gasteiger partial charge on any atom is -0.408 e. The Morgan fingerprint density at radius 2 is 1.09 bits per heavy atom. The van der Waals surface area contributed by atoms with Crippen molar-refractivity contribution in [2.75, 3.05) is 5.09 Å². The molecule has 8 rings (SSSR count). The Kier molecular flexibility index (Phi) is 8.57. The first kappa shape index (κ1) is 30.7. The van der Waals surface area contributed by atoms with E-state index < -0.39 is 16.1 Å². The predicted molar refractivity (Wildman–Crippen MR) is 202 cm³/mol. The fourth-order valence-corrected chi connectivity index (χ4v) is 11.9. The van der Waals surface area contributed by atoms with Crippen LogP contribution in [-0.2, 0) is 25.7 Å². The molecule has 0 spiro atoms. The van der Waals surface area contributed by atoms with Crippen molar-refractivity contribution in [2.24, 2.45) is 0 Å². The van der Waals surface area contributed by atoms with Crippen LogP contribution in [0.25, 0.3) is 21.9 Å². The van der Waals surface area contributed by atoms with Crippen LogP contribution in [0.2, 0.25) is 0 Å². The lowest BCUT2D eigenvalue weighted by molar-refractivity contribution is 0.632. The summed E-state index contributed by atoms with van der Waals surface area (Å²) in [5, 5.41) is 10.6. The highest BCUT2D eigenvalue weighted by atomic mass is 31.1. The molecular weight excluding hydrogens is 612 g/mol. The highest BCUT2D eigenvalue weighted by Crippen LogP contribution is 2.45. The van der Waals surface area contributed by atoms with Gasteiger partial charge in [0.2, 0.25) is 0 Å². The van der Waals surface area contributed by atoms with E-state index in [1.807, 2.05) is 0 Å². The van der Waals surface area contributed by atoms with Crippen LogP contribution in [-0.4, -0.2) is 0 Å². The summed E-state index contributed by atoms with van der Waals surface area (Å²) in [5.74, 6) is 0. The number of fused-ring (bicyclic) bond motifs is 7. The van der Waals surface area contributed by atoms with Gasteiger partial charge in [0, 0.05) is 16.8 Å².